The van der Waals surface area contributed by atoms with Gasteiger partial charge < -0.3 is 0 Å². The molecule has 24 heavy (non-hydrogen) atoms. The second-order valence-corrected chi connectivity index (χ2v) is 9.25. The fraction of sp³-hybridized carbons (Fsp3) is 0.524. The fourth-order valence-corrected chi connectivity index (χ4v) is 5.05. The van der Waals surface area contributed by atoms with Crippen LogP contribution in [0.25, 0.3) is 0 Å². The second-order valence-electron chi connectivity index (χ2n) is 8.22. The minimum Gasteiger partial charge on any atom is -0.291 e. The number of ketones is 1. The van der Waals surface area contributed by atoms with E-state index in [2.05, 4.69) is 31.8 Å². The van der Waals surface area contributed by atoms with Crippen LogP contribution in [-0.2, 0) is 37.5 Å². The Morgan fingerprint density at radius 1 is 1.08 bits per heavy atom. The molecule has 0 atom stereocenters. The number of benzene rings is 1. The quantitative estimate of drug-likeness (QED) is 0.749. The molecule has 1 heterocycles. The number of rotatable bonds is 3. The van der Waals surface area contributed by atoms with Crippen molar-refractivity contribution in [1.82, 2.24) is 4.98 Å². The van der Waals surface area contributed by atoms with Gasteiger partial charge >= 0.3 is 0 Å². The van der Waals surface area contributed by atoms with Crippen LogP contribution in [0, 0.1) is 0 Å². The monoisotopic (exact) mass is 339 g/mol. The Labute approximate surface area is 148 Å². The minimum atomic E-state index is 0.0610. The molecular weight excluding hydrogens is 314 g/mol. The van der Waals surface area contributed by atoms with Gasteiger partial charge in [-0.05, 0) is 71.8 Å². The number of nitrogens with zero attached hydrogens (tertiary/aromatic N) is 1. The van der Waals surface area contributed by atoms with Crippen molar-refractivity contribution in [2.75, 3.05) is 0 Å². The van der Waals surface area contributed by atoms with Gasteiger partial charge in [0.15, 0.2) is 10.8 Å². The summed E-state index contributed by atoms with van der Waals surface area (Å²) in [5, 5.41) is 0.683. The van der Waals surface area contributed by atoms with E-state index >= 15 is 0 Å². The molecule has 0 bridgehead atoms. The molecule has 2 nitrogen and oxygen atoms in total. The van der Waals surface area contributed by atoms with Gasteiger partial charge in [-0.2, -0.15) is 0 Å². The van der Waals surface area contributed by atoms with Crippen LogP contribution in [0.3, 0.4) is 0 Å². The zero-order valence-electron chi connectivity index (χ0n) is 14.9. The molecular formula is C21H25NOS. The van der Waals surface area contributed by atoms with E-state index in [9.17, 15) is 4.79 Å². The van der Waals surface area contributed by atoms with E-state index in [1.165, 1.54) is 58.4 Å². The number of aryl methyl sites for hydroxylation is 2. The normalized spacial score (nSPS) is 16.3. The number of thiazole rings is 1. The van der Waals surface area contributed by atoms with E-state index in [4.69, 9.17) is 0 Å². The number of Topliss-reactive ketones (excluding diaryl/α,β-unsaturated/α-hetero) is 1. The highest BCUT2D eigenvalue weighted by Gasteiger charge is 2.26. The summed E-state index contributed by atoms with van der Waals surface area (Å²) in [5.41, 5.74) is 7.40. The lowest BCUT2D eigenvalue weighted by atomic mass is 9.91. The van der Waals surface area contributed by atoms with Crippen molar-refractivity contribution in [1.29, 1.82) is 0 Å². The maximum absolute atomic E-state index is 12.9. The summed E-state index contributed by atoms with van der Waals surface area (Å²) in [5.74, 6) is 0.199. The first-order chi connectivity index (χ1) is 11.4. The summed E-state index contributed by atoms with van der Waals surface area (Å²) in [6, 6.07) is 2.43. The van der Waals surface area contributed by atoms with Crippen LogP contribution in [-0.4, -0.2) is 10.8 Å². The molecule has 0 saturated heterocycles. The molecule has 1 aromatic heterocycles. The average molecular weight is 340 g/mol. The molecule has 1 aromatic carbocycles. The Bertz CT molecular complexity index is 778. The van der Waals surface area contributed by atoms with Gasteiger partial charge in [0.1, 0.15) is 0 Å². The summed E-state index contributed by atoms with van der Waals surface area (Å²) in [4.78, 5) is 18.5. The standard InChI is InChI=1S/C21H25NOS/c1-21(2,3)19-12-22-20(24-19)18(23)11-17-15-8-4-6-13(15)10-14-7-5-9-16(14)17/h10,12H,4-9,11H2,1-3H3. The second kappa shape index (κ2) is 5.80. The number of fused-ring (bicyclic) bond motifs is 2. The lowest BCUT2D eigenvalue weighted by molar-refractivity contribution is 0.0992. The molecule has 0 saturated carbocycles. The van der Waals surface area contributed by atoms with Crippen LogP contribution in [0.5, 0.6) is 0 Å². The van der Waals surface area contributed by atoms with Crippen LogP contribution in [0.1, 0.15) is 76.1 Å². The Hall–Kier alpha value is -1.48. The molecule has 0 radical (unpaired) electrons. The molecule has 126 valence electrons. The van der Waals surface area contributed by atoms with Gasteiger partial charge in [-0.3, -0.25) is 4.79 Å². The summed E-state index contributed by atoms with van der Waals surface area (Å²) in [6.45, 7) is 6.52. The van der Waals surface area contributed by atoms with Crippen molar-refractivity contribution < 1.29 is 4.79 Å². The molecule has 0 fully saturated rings. The Morgan fingerprint density at radius 3 is 2.25 bits per heavy atom. The molecule has 0 N–H and O–H groups in total. The van der Waals surface area contributed by atoms with E-state index in [-0.39, 0.29) is 11.2 Å². The molecule has 0 spiro atoms. The summed E-state index contributed by atoms with van der Waals surface area (Å²) in [6.07, 6.45) is 9.59. The van der Waals surface area contributed by atoms with Crippen molar-refractivity contribution >= 4 is 17.1 Å². The lowest BCUT2D eigenvalue weighted by Crippen LogP contribution is -2.09. The SMILES string of the molecule is CC(C)(C)c1cnc(C(=O)Cc2c3c(cc4c2CCC4)CCC3)s1. The van der Waals surface area contributed by atoms with Crippen molar-refractivity contribution in [3.05, 3.63) is 50.0 Å². The lowest BCUT2D eigenvalue weighted by Gasteiger charge is -2.15. The molecule has 0 unspecified atom stereocenters. The molecule has 0 aliphatic heterocycles. The molecule has 4 rings (SSSR count). The number of hydrogen-bond acceptors (Lipinski definition) is 3. The third-order valence-corrected chi connectivity index (χ3v) is 6.88. The van der Waals surface area contributed by atoms with Crippen LogP contribution in [0.4, 0.5) is 0 Å². The summed E-state index contributed by atoms with van der Waals surface area (Å²) < 4.78 is 0. The van der Waals surface area contributed by atoms with Crippen LogP contribution in [0.15, 0.2) is 12.3 Å². The molecule has 2 aliphatic carbocycles. The Morgan fingerprint density at radius 2 is 1.71 bits per heavy atom. The van der Waals surface area contributed by atoms with E-state index in [0.717, 1.165) is 12.8 Å². The maximum Gasteiger partial charge on any atom is 0.195 e. The van der Waals surface area contributed by atoms with Gasteiger partial charge in [-0.1, -0.05) is 26.8 Å². The topological polar surface area (TPSA) is 30.0 Å². The zero-order chi connectivity index (χ0) is 16.9. The number of aromatic nitrogens is 1. The highest BCUT2D eigenvalue weighted by Crippen LogP contribution is 2.36. The zero-order valence-corrected chi connectivity index (χ0v) is 15.7. The van der Waals surface area contributed by atoms with Crippen LogP contribution >= 0.6 is 11.3 Å². The third kappa shape index (κ3) is 2.73. The van der Waals surface area contributed by atoms with Crippen molar-refractivity contribution in [3.63, 3.8) is 0 Å². The Kier molecular flexibility index (Phi) is 3.87. The first-order valence-corrected chi connectivity index (χ1v) is 9.90. The van der Waals surface area contributed by atoms with Crippen molar-refractivity contribution in [2.24, 2.45) is 0 Å². The van der Waals surface area contributed by atoms with Gasteiger partial charge in [0.05, 0.1) is 0 Å². The van der Waals surface area contributed by atoms with Gasteiger partial charge in [-0.15, -0.1) is 11.3 Å². The highest BCUT2D eigenvalue weighted by atomic mass is 32.1. The average Bonchev–Trinajstić information content (AvgIpc) is 3.25. The van der Waals surface area contributed by atoms with E-state index < -0.39 is 0 Å². The Balaban J connectivity index is 1.66. The minimum absolute atomic E-state index is 0.0610. The van der Waals surface area contributed by atoms with Crippen molar-refractivity contribution in [3.8, 4) is 0 Å². The van der Waals surface area contributed by atoms with E-state index in [1.807, 2.05) is 6.20 Å². The van der Waals surface area contributed by atoms with Gasteiger partial charge in [0.2, 0.25) is 0 Å². The van der Waals surface area contributed by atoms with E-state index in [0.29, 0.717) is 11.4 Å². The third-order valence-electron chi connectivity index (χ3n) is 5.42. The number of hydrogen-bond donors (Lipinski definition) is 0. The van der Waals surface area contributed by atoms with Crippen LogP contribution < -0.4 is 0 Å². The first-order valence-electron chi connectivity index (χ1n) is 9.08. The van der Waals surface area contributed by atoms with Gasteiger partial charge in [0.25, 0.3) is 0 Å². The maximum atomic E-state index is 12.9. The smallest absolute Gasteiger partial charge is 0.195 e. The van der Waals surface area contributed by atoms with E-state index in [1.54, 1.807) is 11.3 Å². The number of carbonyl (C=O) groups excluding carboxylic acids is 1. The predicted octanol–water partition coefficient (Wildman–Crippen LogP) is 4.84. The predicted molar refractivity (Wildman–Crippen MR) is 99.3 cm³/mol. The largest absolute Gasteiger partial charge is 0.291 e. The van der Waals surface area contributed by atoms with Crippen LogP contribution in [0.2, 0.25) is 0 Å². The fourth-order valence-electron chi connectivity index (χ4n) is 4.13. The molecule has 0 amide bonds. The van der Waals surface area contributed by atoms with Crippen molar-refractivity contribution in [2.45, 2.75) is 71.1 Å². The van der Waals surface area contributed by atoms with Gasteiger partial charge in [0, 0.05) is 17.5 Å². The number of carbonyl (C=O) groups is 1. The summed E-state index contributed by atoms with van der Waals surface area (Å²) >= 11 is 1.57. The molecule has 3 heteroatoms. The first kappa shape index (κ1) is 16.0. The highest BCUT2D eigenvalue weighted by molar-refractivity contribution is 7.13. The molecule has 2 aliphatic rings. The van der Waals surface area contributed by atoms with Gasteiger partial charge in [-0.25, -0.2) is 4.98 Å². The molecule has 2 aromatic rings. The summed E-state index contributed by atoms with van der Waals surface area (Å²) in [7, 11) is 0.